The van der Waals surface area contributed by atoms with Gasteiger partial charge in [0.15, 0.2) is 0 Å². The Balaban J connectivity index is 1.58. The molecule has 1 aliphatic rings. The Morgan fingerprint density at radius 2 is 2.18 bits per heavy atom. The smallest absolute Gasteiger partial charge is 0.255 e. The molecule has 5 heteroatoms. The maximum atomic E-state index is 12.4. The van der Waals surface area contributed by atoms with Crippen molar-refractivity contribution >= 4 is 34.3 Å². The van der Waals surface area contributed by atoms with Crippen LogP contribution in [0.15, 0.2) is 47.5 Å². The summed E-state index contributed by atoms with van der Waals surface area (Å²) >= 11 is 1.87. The Labute approximate surface area is 132 Å². The van der Waals surface area contributed by atoms with Crippen LogP contribution in [0.4, 0.5) is 5.69 Å². The number of nitrogens with one attached hydrogen (secondary N) is 2. The predicted molar refractivity (Wildman–Crippen MR) is 89.5 cm³/mol. The van der Waals surface area contributed by atoms with E-state index in [0.29, 0.717) is 5.56 Å². The minimum absolute atomic E-state index is 0.0720. The standard InChI is InChI=1S/C17H15N3OS/c21-17(12-4-6-16-11(8-12)2-1-7-22-16)19-14-5-3-13-10-18-20-15(13)9-14/h3-6,8-10H,1-2,7H2,(H,18,20)(H,19,21). The molecule has 0 saturated carbocycles. The van der Waals surface area contributed by atoms with Gasteiger partial charge < -0.3 is 5.32 Å². The molecule has 4 rings (SSSR count). The van der Waals surface area contributed by atoms with Gasteiger partial charge >= 0.3 is 0 Å². The first-order chi connectivity index (χ1) is 10.8. The molecule has 0 bridgehead atoms. The average molecular weight is 309 g/mol. The number of hydrogen-bond acceptors (Lipinski definition) is 3. The van der Waals surface area contributed by atoms with Gasteiger partial charge in [0.1, 0.15) is 0 Å². The van der Waals surface area contributed by atoms with E-state index in [-0.39, 0.29) is 5.91 Å². The van der Waals surface area contributed by atoms with E-state index >= 15 is 0 Å². The first-order valence-corrected chi connectivity index (χ1v) is 8.28. The highest BCUT2D eigenvalue weighted by molar-refractivity contribution is 7.99. The summed E-state index contributed by atoms with van der Waals surface area (Å²) in [7, 11) is 0. The lowest BCUT2D eigenvalue weighted by Crippen LogP contribution is -2.13. The number of amides is 1. The molecule has 0 unspecified atom stereocenters. The molecule has 0 saturated heterocycles. The summed E-state index contributed by atoms with van der Waals surface area (Å²) in [5.41, 5.74) is 3.69. The number of nitrogens with zero attached hydrogens (tertiary/aromatic N) is 1. The van der Waals surface area contributed by atoms with Crippen LogP contribution >= 0.6 is 11.8 Å². The lowest BCUT2D eigenvalue weighted by molar-refractivity contribution is 0.102. The molecule has 1 aliphatic heterocycles. The van der Waals surface area contributed by atoms with E-state index in [1.54, 1.807) is 6.20 Å². The molecule has 22 heavy (non-hydrogen) atoms. The molecule has 3 aromatic rings. The third-order valence-corrected chi connectivity index (χ3v) is 5.07. The van der Waals surface area contributed by atoms with Gasteiger partial charge in [0.2, 0.25) is 0 Å². The van der Waals surface area contributed by atoms with Gasteiger partial charge in [-0.2, -0.15) is 5.10 Å². The van der Waals surface area contributed by atoms with E-state index in [4.69, 9.17) is 0 Å². The van der Waals surface area contributed by atoms with Crippen molar-refractivity contribution in [1.82, 2.24) is 10.2 Å². The van der Waals surface area contributed by atoms with Gasteiger partial charge in [-0.25, -0.2) is 0 Å². The van der Waals surface area contributed by atoms with E-state index in [1.165, 1.54) is 22.6 Å². The highest BCUT2D eigenvalue weighted by Crippen LogP contribution is 2.30. The molecule has 4 nitrogen and oxygen atoms in total. The number of benzene rings is 2. The van der Waals surface area contributed by atoms with Crippen molar-refractivity contribution in [2.24, 2.45) is 0 Å². The van der Waals surface area contributed by atoms with E-state index in [0.717, 1.165) is 23.0 Å². The second-order valence-electron chi connectivity index (χ2n) is 5.40. The summed E-state index contributed by atoms with van der Waals surface area (Å²) in [4.78, 5) is 13.7. The lowest BCUT2D eigenvalue weighted by Gasteiger charge is -2.16. The Bertz CT molecular complexity index is 856. The number of aromatic nitrogens is 2. The molecule has 2 N–H and O–H groups in total. The Morgan fingerprint density at radius 1 is 1.23 bits per heavy atom. The first-order valence-electron chi connectivity index (χ1n) is 7.30. The van der Waals surface area contributed by atoms with Gasteiger partial charge in [0.25, 0.3) is 5.91 Å². The van der Waals surface area contributed by atoms with Crippen molar-refractivity contribution in [2.45, 2.75) is 17.7 Å². The molecule has 2 heterocycles. The summed E-state index contributed by atoms with van der Waals surface area (Å²) in [6.45, 7) is 0. The number of carbonyl (C=O) groups excluding carboxylic acids is 1. The molecule has 0 radical (unpaired) electrons. The van der Waals surface area contributed by atoms with Crippen LogP contribution in [-0.2, 0) is 6.42 Å². The number of fused-ring (bicyclic) bond motifs is 2. The van der Waals surface area contributed by atoms with Crippen LogP contribution < -0.4 is 5.32 Å². The van der Waals surface area contributed by atoms with E-state index < -0.39 is 0 Å². The highest BCUT2D eigenvalue weighted by atomic mass is 32.2. The molecular weight excluding hydrogens is 294 g/mol. The Kier molecular flexibility index (Phi) is 3.35. The summed E-state index contributed by atoms with van der Waals surface area (Å²) < 4.78 is 0. The fraction of sp³-hybridized carbons (Fsp3) is 0.176. The highest BCUT2D eigenvalue weighted by Gasteiger charge is 2.13. The van der Waals surface area contributed by atoms with Crippen LogP contribution in [0.25, 0.3) is 10.9 Å². The van der Waals surface area contributed by atoms with Gasteiger partial charge in [0, 0.05) is 21.5 Å². The number of hydrogen-bond donors (Lipinski definition) is 2. The molecule has 1 aromatic heterocycles. The second kappa shape index (κ2) is 5.50. The van der Waals surface area contributed by atoms with Crippen LogP contribution in [-0.4, -0.2) is 21.9 Å². The van der Waals surface area contributed by atoms with Gasteiger partial charge in [-0.05, 0) is 60.6 Å². The van der Waals surface area contributed by atoms with Crippen LogP contribution in [0, 0.1) is 0 Å². The van der Waals surface area contributed by atoms with Crippen molar-refractivity contribution in [3.63, 3.8) is 0 Å². The Morgan fingerprint density at radius 3 is 3.14 bits per heavy atom. The zero-order valence-corrected chi connectivity index (χ0v) is 12.7. The van der Waals surface area contributed by atoms with Gasteiger partial charge in [0.05, 0.1) is 11.7 Å². The number of aryl methyl sites for hydroxylation is 1. The summed E-state index contributed by atoms with van der Waals surface area (Å²) in [5, 5.41) is 10.9. The monoisotopic (exact) mass is 309 g/mol. The van der Waals surface area contributed by atoms with E-state index in [1.807, 2.05) is 42.1 Å². The van der Waals surface area contributed by atoms with Crippen LogP contribution in [0.3, 0.4) is 0 Å². The van der Waals surface area contributed by atoms with Crippen molar-refractivity contribution in [2.75, 3.05) is 11.1 Å². The maximum absolute atomic E-state index is 12.4. The zero-order chi connectivity index (χ0) is 14.9. The minimum Gasteiger partial charge on any atom is -0.322 e. The third kappa shape index (κ3) is 2.48. The number of aromatic amines is 1. The number of carbonyl (C=O) groups is 1. The minimum atomic E-state index is -0.0720. The largest absolute Gasteiger partial charge is 0.322 e. The molecule has 110 valence electrons. The maximum Gasteiger partial charge on any atom is 0.255 e. The van der Waals surface area contributed by atoms with Crippen LogP contribution in [0.5, 0.6) is 0 Å². The summed E-state index contributed by atoms with van der Waals surface area (Å²) in [6, 6.07) is 11.7. The van der Waals surface area contributed by atoms with Crippen molar-refractivity contribution in [3.8, 4) is 0 Å². The predicted octanol–water partition coefficient (Wildman–Crippen LogP) is 3.85. The number of rotatable bonds is 2. The molecule has 0 spiro atoms. The first kappa shape index (κ1) is 13.4. The molecule has 0 aliphatic carbocycles. The summed E-state index contributed by atoms with van der Waals surface area (Å²) in [6.07, 6.45) is 4.00. The second-order valence-corrected chi connectivity index (χ2v) is 6.54. The fourth-order valence-corrected chi connectivity index (χ4v) is 3.74. The molecular formula is C17H15N3OS. The quantitative estimate of drug-likeness (QED) is 0.756. The number of thioether (sulfide) groups is 1. The van der Waals surface area contributed by atoms with E-state index in [9.17, 15) is 4.79 Å². The van der Waals surface area contributed by atoms with Crippen molar-refractivity contribution in [1.29, 1.82) is 0 Å². The van der Waals surface area contributed by atoms with Gasteiger partial charge in [-0.3, -0.25) is 9.89 Å². The molecule has 0 fully saturated rings. The SMILES string of the molecule is O=C(Nc1ccc2cn[nH]c2c1)c1ccc2c(c1)CCCS2. The Hall–Kier alpha value is -2.27. The zero-order valence-electron chi connectivity index (χ0n) is 11.9. The number of anilines is 1. The van der Waals surface area contributed by atoms with E-state index in [2.05, 4.69) is 21.6 Å². The summed E-state index contributed by atoms with van der Waals surface area (Å²) in [5.74, 6) is 1.10. The molecule has 0 atom stereocenters. The topological polar surface area (TPSA) is 57.8 Å². The lowest BCUT2D eigenvalue weighted by atomic mass is 10.1. The van der Waals surface area contributed by atoms with Crippen molar-refractivity contribution < 1.29 is 4.79 Å². The molecule has 1 amide bonds. The molecule has 2 aromatic carbocycles. The van der Waals surface area contributed by atoms with Crippen LogP contribution in [0.1, 0.15) is 22.3 Å². The van der Waals surface area contributed by atoms with Crippen LogP contribution in [0.2, 0.25) is 0 Å². The van der Waals surface area contributed by atoms with Gasteiger partial charge in [-0.1, -0.05) is 0 Å². The van der Waals surface area contributed by atoms with Crippen molar-refractivity contribution in [3.05, 3.63) is 53.7 Å². The van der Waals surface area contributed by atoms with Gasteiger partial charge in [-0.15, -0.1) is 11.8 Å². The third-order valence-electron chi connectivity index (χ3n) is 3.87. The fourth-order valence-electron chi connectivity index (χ4n) is 2.72. The number of H-pyrrole nitrogens is 1. The normalized spacial score (nSPS) is 13.8. The average Bonchev–Trinajstić information content (AvgIpc) is 3.02.